The van der Waals surface area contributed by atoms with Crippen LogP contribution in [0.4, 0.5) is 0 Å². The largest absolute Gasteiger partial charge is 0.396 e. The molecule has 1 aromatic heterocycles. The van der Waals surface area contributed by atoms with Crippen LogP contribution in [0, 0.1) is 6.92 Å². The second-order valence-electron chi connectivity index (χ2n) is 3.96. The van der Waals surface area contributed by atoms with Gasteiger partial charge in [0.2, 0.25) is 0 Å². The SMILES string of the molecule is Cc1ccc(C(=O)NCCCCCO)n1C. The highest BCUT2D eigenvalue weighted by Crippen LogP contribution is 2.05. The number of hydrogen-bond donors (Lipinski definition) is 2. The number of hydrogen-bond acceptors (Lipinski definition) is 2. The molecule has 0 saturated heterocycles. The van der Waals surface area contributed by atoms with Gasteiger partial charge in [-0.2, -0.15) is 0 Å². The molecule has 0 bridgehead atoms. The Morgan fingerprint density at radius 1 is 1.38 bits per heavy atom. The topological polar surface area (TPSA) is 54.3 Å². The third kappa shape index (κ3) is 3.38. The second-order valence-corrected chi connectivity index (χ2v) is 3.96. The van der Waals surface area contributed by atoms with E-state index in [1.807, 2.05) is 30.7 Å². The molecule has 90 valence electrons. The molecule has 0 unspecified atom stereocenters. The maximum Gasteiger partial charge on any atom is 0.267 e. The number of aryl methyl sites for hydroxylation is 1. The van der Waals surface area contributed by atoms with E-state index in [0.717, 1.165) is 25.0 Å². The number of nitrogens with zero attached hydrogens (tertiary/aromatic N) is 1. The molecule has 0 aliphatic heterocycles. The predicted molar refractivity (Wildman–Crippen MR) is 63.4 cm³/mol. The number of carbonyl (C=O) groups is 1. The van der Waals surface area contributed by atoms with Gasteiger partial charge in [-0.1, -0.05) is 0 Å². The summed E-state index contributed by atoms with van der Waals surface area (Å²) in [4.78, 5) is 11.7. The Balaban J connectivity index is 2.33. The van der Waals surface area contributed by atoms with Crippen LogP contribution >= 0.6 is 0 Å². The summed E-state index contributed by atoms with van der Waals surface area (Å²) in [5.74, 6) is -0.0281. The van der Waals surface area contributed by atoms with Gasteiger partial charge in [0.05, 0.1) is 0 Å². The summed E-state index contributed by atoms with van der Waals surface area (Å²) in [5.41, 5.74) is 1.77. The molecule has 0 aromatic carbocycles. The van der Waals surface area contributed by atoms with Crippen LogP contribution in [0.2, 0.25) is 0 Å². The first-order valence-corrected chi connectivity index (χ1v) is 5.68. The zero-order chi connectivity index (χ0) is 12.0. The van der Waals surface area contributed by atoms with Crippen LogP contribution in [0.25, 0.3) is 0 Å². The van der Waals surface area contributed by atoms with Crippen LogP contribution in [0.3, 0.4) is 0 Å². The van der Waals surface area contributed by atoms with E-state index in [-0.39, 0.29) is 12.5 Å². The fourth-order valence-corrected chi connectivity index (χ4v) is 1.55. The van der Waals surface area contributed by atoms with E-state index >= 15 is 0 Å². The van der Waals surface area contributed by atoms with Crippen molar-refractivity contribution in [1.82, 2.24) is 9.88 Å². The highest BCUT2D eigenvalue weighted by atomic mass is 16.2. The van der Waals surface area contributed by atoms with Crippen molar-refractivity contribution >= 4 is 5.91 Å². The van der Waals surface area contributed by atoms with Crippen LogP contribution < -0.4 is 5.32 Å². The van der Waals surface area contributed by atoms with E-state index in [4.69, 9.17) is 5.11 Å². The second kappa shape index (κ2) is 6.33. The number of carbonyl (C=O) groups excluding carboxylic acids is 1. The van der Waals surface area contributed by atoms with Crippen molar-refractivity contribution in [3.63, 3.8) is 0 Å². The minimum Gasteiger partial charge on any atom is -0.396 e. The Labute approximate surface area is 96.3 Å². The molecule has 0 saturated carbocycles. The number of rotatable bonds is 6. The van der Waals surface area contributed by atoms with Crippen molar-refractivity contribution in [1.29, 1.82) is 0 Å². The molecule has 16 heavy (non-hydrogen) atoms. The van der Waals surface area contributed by atoms with Gasteiger partial charge in [-0.15, -0.1) is 0 Å². The van der Waals surface area contributed by atoms with E-state index in [1.54, 1.807) is 0 Å². The lowest BCUT2D eigenvalue weighted by atomic mass is 10.2. The Morgan fingerprint density at radius 2 is 2.12 bits per heavy atom. The smallest absolute Gasteiger partial charge is 0.267 e. The molecule has 1 rings (SSSR count). The summed E-state index contributed by atoms with van der Waals surface area (Å²) in [7, 11) is 1.88. The van der Waals surface area contributed by atoms with Crippen molar-refractivity contribution in [3.05, 3.63) is 23.5 Å². The van der Waals surface area contributed by atoms with Gasteiger partial charge >= 0.3 is 0 Å². The lowest BCUT2D eigenvalue weighted by molar-refractivity contribution is 0.0944. The summed E-state index contributed by atoms with van der Waals surface area (Å²) in [6.07, 6.45) is 2.66. The quantitative estimate of drug-likeness (QED) is 0.714. The Kier molecular flexibility index (Phi) is 5.05. The average molecular weight is 224 g/mol. The third-order valence-corrected chi connectivity index (χ3v) is 2.73. The number of aromatic nitrogens is 1. The molecule has 1 heterocycles. The Morgan fingerprint density at radius 3 is 2.69 bits per heavy atom. The first kappa shape index (κ1) is 12.8. The minimum absolute atomic E-state index is 0.0281. The molecule has 0 atom stereocenters. The summed E-state index contributed by atoms with van der Waals surface area (Å²) in [6, 6.07) is 3.76. The molecule has 4 nitrogen and oxygen atoms in total. The molecular formula is C12H20N2O2. The van der Waals surface area contributed by atoms with Gasteiger partial charge in [-0.05, 0) is 38.3 Å². The third-order valence-electron chi connectivity index (χ3n) is 2.73. The number of amides is 1. The summed E-state index contributed by atoms with van der Waals surface area (Å²) in [5, 5.41) is 11.5. The molecule has 0 fully saturated rings. The van der Waals surface area contributed by atoms with Crippen molar-refractivity contribution in [3.8, 4) is 0 Å². The van der Waals surface area contributed by atoms with Crippen LogP contribution in [-0.2, 0) is 7.05 Å². The summed E-state index contributed by atoms with van der Waals surface area (Å²) < 4.78 is 1.88. The molecular weight excluding hydrogens is 204 g/mol. The first-order valence-electron chi connectivity index (χ1n) is 5.68. The Hall–Kier alpha value is -1.29. The monoisotopic (exact) mass is 224 g/mol. The van der Waals surface area contributed by atoms with Crippen LogP contribution in [0.15, 0.2) is 12.1 Å². The molecule has 0 spiro atoms. The van der Waals surface area contributed by atoms with Crippen LogP contribution in [0.1, 0.15) is 35.4 Å². The fraction of sp³-hybridized carbons (Fsp3) is 0.583. The highest BCUT2D eigenvalue weighted by Gasteiger charge is 2.09. The minimum atomic E-state index is -0.0281. The van der Waals surface area contributed by atoms with Crippen LogP contribution in [0.5, 0.6) is 0 Å². The fourth-order valence-electron chi connectivity index (χ4n) is 1.55. The maximum atomic E-state index is 11.7. The van der Waals surface area contributed by atoms with Gasteiger partial charge in [0.15, 0.2) is 0 Å². The standard InChI is InChI=1S/C12H20N2O2/c1-10-6-7-11(14(10)2)12(16)13-8-4-3-5-9-15/h6-7,15H,3-5,8-9H2,1-2H3,(H,13,16). The molecule has 0 aliphatic carbocycles. The lowest BCUT2D eigenvalue weighted by Gasteiger charge is -2.06. The van der Waals surface area contributed by atoms with Gasteiger partial charge in [-0.3, -0.25) is 4.79 Å². The number of unbranched alkanes of at least 4 members (excludes halogenated alkanes) is 2. The van der Waals surface area contributed by atoms with Gasteiger partial charge < -0.3 is 15.0 Å². The normalized spacial score (nSPS) is 10.4. The van der Waals surface area contributed by atoms with Gasteiger partial charge in [0.25, 0.3) is 5.91 Å². The number of aliphatic hydroxyl groups is 1. The van der Waals surface area contributed by atoms with Crippen molar-refractivity contribution in [2.75, 3.05) is 13.2 Å². The van der Waals surface area contributed by atoms with Gasteiger partial charge in [-0.25, -0.2) is 0 Å². The average Bonchev–Trinajstić information content (AvgIpc) is 2.59. The van der Waals surface area contributed by atoms with E-state index in [1.165, 1.54) is 0 Å². The molecule has 2 N–H and O–H groups in total. The zero-order valence-electron chi connectivity index (χ0n) is 9.99. The van der Waals surface area contributed by atoms with Gasteiger partial charge in [0, 0.05) is 25.9 Å². The van der Waals surface area contributed by atoms with Gasteiger partial charge in [0.1, 0.15) is 5.69 Å². The molecule has 0 radical (unpaired) electrons. The van der Waals surface area contributed by atoms with E-state index < -0.39 is 0 Å². The van der Waals surface area contributed by atoms with Crippen molar-refractivity contribution < 1.29 is 9.90 Å². The highest BCUT2D eigenvalue weighted by molar-refractivity contribution is 5.92. The zero-order valence-corrected chi connectivity index (χ0v) is 9.99. The number of nitrogens with one attached hydrogen (secondary N) is 1. The molecule has 1 amide bonds. The Bertz CT molecular complexity index is 345. The predicted octanol–water partition coefficient (Wildman–Crippen LogP) is 1.23. The molecule has 0 aliphatic rings. The number of aliphatic hydroxyl groups excluding tert-OH is 1. The van der Waals surface area contributed by atoms with E-state index in [2.05, 4.69) is 5.32 Å². The molecule has 1 aromatic rings. The summed E-state index contributed by atoms with van der Waals surface area (Å²) in [6.45, 7) is 2.87. The van der Waals surface area contributed by atoms with Crippen molar-refractivity contribution in [2.24, 2.45) is 7.05 Å². The van der Waals surface area contributed by atoms with Crippen molar-refractivity contribution in [2.45, 2.75) is 26.2 Å². The van der Waals surface area contributed by atoms with Crippen LogP contribution in [-0.4, -0.2) is 28.7 Å². The maximum absolute atomic E-state index is 11.7. The first-order chi connectivity index (χ1) is 7.66. The molecule has 4 heteroatoms. The van der Waals surface area contributed by atoms with E-state index in [0.29, 0.717) is 12.2 Å². The summed E-state index contributed by atoms with van der Waals surface area (Å²) >= 11 is 0. The van der Waals surface area contributed by atoms with E-state index in [9.17, 15) is 4.79 Å². The lowest BCUT2D eigenvalue weighted by Crippen LogP contribution is -2.26.